The third-order valence-corrected chi connectivity index (χ3v) is 9.65. The molecule has 0 spiro atoms. The minimum Gasteiger partial charge on any atom is -0.311 e. The van der Waals surface area contributed by atoms with Gasteiger partial charge in [-0.25, -0.2) is 0 Å². The Balaban J connectivity index is 1.17. The molecule has 9 aromatic rings. The Morgan fingerprint density at radius 2 is 0.816 bits per heavy atom. The van der Waals surface area contributed by atoms with Gasteiger partial charge in [0.05, 0.1) is 22.1 Å². The first-order valence-corrected chi connectivity index (χ1v) is 16.6. The lowest BCUT2D eigenvalue weighted by molar-refractivity contribution is 1.16. The van der Waals surface area contributed by atoms with Gasteiger partial charge in [0, 0.05) is 50.0 Å². The van der Waals surface area contributed by atoms with Crippen molar-refractivity contribution in [3.05, 3.63) is 188 Å². The lowest BCUT2D eigenvalue weighted by Gasteiger charge is -2.26. The van der Waals surface area contributed by atoms with Crippen LogP contribution in [-0.2, 0) is 0 Å². The fourth-order valence-corrected chi connectivity index (χ4v) is 7.39. The number of para-hydroxylation sites is 4. The van der Waals surface area contributed by atoms with E-state index in [4.69, 9.17) is 0 Å². The molecule has 9 rings (SSSR count). The molecule has 0 aliphatic heterocycles. The summed E-state index contributed by atoms with van der Waals surface area (Å²) in [5.41, 5.74) is 12.4. The lowest BCUT2D eigenvalue weighted by Crippen LogP contribution is -2.10. The molecule has 0 unspecified atom stereocenters. The van der Waals surface area contributed by atoms with E-state index in [0.717, 1.165) is 39.6 Å². The number of fused-ring (bicyclic) bond motifs is 6. The molecule has 49 heavy (non-hydrogen) atoms. The Kier molecular flexibility index (Phi) is 6.77. The van der Waals surface area contributed by atoms with Gasteiger partial charge in [-0.3, -0.25) is 0 Å². The zero-order chi connectivity index (χ0) is 32.9. The predicted molar refractivity (Wildman–Crippen MR) is 210 cm³/mol. The van der Waals surface area contributed by atoms with Crippen LogP contribution in [0.25, 0.3) is 67.1 Å². The van der Waals surface area contributed by atoms with E-state index in [1.807, 2.05) is 12.2 Å². The van der Waals surface area contributed by atoms with Crippen molar-refractivity contribution in [1.82, 2.24) is 9.13 Å². The summed E-state index contributed by atoms with van der Waals surface area (Å²) in [7, 11) is 0. The Bertz CT molecular complexity index is 2620. The maximum absolute atomic E-state index is 4.13. The highest BCUT2D eigenvalue weighted by molar-refractivity contribution is 6.12. The highest BCUT2D eigenvalue weighted by Crippen LogP contribution is 2.39. The van der Waals surface area contributed by atoms with Crippen molar-refractivity contribution in [2.24, 2.45) is 0 Å². The molecule has 2 heterocycles. The average molecular weight is 628 g/mol. The standard InChI is InChI=1S/C46H33N3/c1-3-32-20-22-34(23-21-32)47(35-24-28-37(29-25-35)48-43-17-8-5-13-39(43)40-14-6-9-18-44(40)48)36-26-30-38(31-27-36)49-45-19-10-7-15-41(45)42-16-11-12-33(4-2)46(42)49/h3-31H,1-2H2. The van der Waals surface area contributed by atoms with Gasteiger partial charge < -0.3 is 14.0 Å². The largest absolute Gasteiger partial charge is 0.311 e. The molecule has 0 fully saturated rings. The molecule has 0 amide bonds. The monoisotopic (exact) mass is 627 g/mol. The van der Waals surface area contributed by atoms with Crippen LogP contribution in [0.4, 0.5) is 17.1 Å². The second-order valence-corrected chi connectivity index (χ2v) is 12.3. The molecule has 232 valence electrons. The molecule has 2 aromatic heterocycles. The van der Waals surface area contributed by atoms with E-state index >= 15 is 0 Å². The fourth-order valence-electron chi connectivity index (χ4n) is 7.39. The van der Waals surface area contributed by atoms with Crippen molar-refractivity contribution < 1.29 is 0 Å². The maximum atomic E-state index is 4.13. The van der Waals surface area contributed by atoms with Crippen molar-refractivity contribution in [2.75, 3.05) is 4.90 Å². The van der Waals surface area contributed by atoms with Crippen LogP contribution in [0, 0.1) is 0 Å². The molecule has 0 aliphatic rings. The number of aromatic nitrogens is 2. The molecule has 3 heteroatoms. The summed E-state index contributed by atoms with van der Waals surface area (Å²) >= 11 is 0. The van der Waals surface area contributed by atoms with Gasteiger partial charge in [0.15, 0.2) is 0 Å². The van der Waals surface area contributed by atoms with Gasteiger partial charge in [0.2, 0.25) is 0 Å². The lowest BCUT2D eigenvalue weighted by atomic mass is 10.1. The molecular formula is C46H33N3. The van der Waals surface area contributed by atoms with Gasteiger partial charge in [-0.2, -0.15) is 0 Å². The Morgan fingerprint density at radius 1 is 0.388 bits per heavy atom. The van der Waals surface area contributed by atoms with Gasteiger partial charge in [0.1, 0.15) is 0 Å². The van der Waals surface area contributed by atoms with Crippen LogP contribution in [0.1, 0.15) is 11.1 Å². The van der Waals surface area contributed by atoms with E-state index in [9.17, 15) is 0 Å². The second-order valence-electron chi connectivity index (χ2n) is 12.3. The quantitative estimate of drug-likeness (QED) is 0.171. The molecule has 7 aromatic carbocycles. The van der Waals surface area contributed by atoms with Crippen molar-refractivity contribution in [3.63, 3.8) is 0 Å². The maximum Gasteiger partial charge on any atom is 0.0613 e. The van der Waals surface area contributed by atoms with Gasteiger partial charge in [0.25, 0.3) is 0 Å². The van der Waals surface area contributed by atoms with Crippen molar-refractivity contribution in [1.29, 1.82) is 0 Å². The number of hydrogen-bond donors (Lipinski definition) is 0. The summed E-state index contributed by atoms with van der Waals surface area (Å²) < 4.78 is 4.71. The summed E-state index contributed by atoms with van der Waals surface area (Å²) in [6.45, 7) is 8.09. The van der Waals surface area contributed by atoms with E-state index in [1.165, 1.54) is 43.6 Å². The minimum absolute atomic E-state index is 1.07. The van der Waals surface area contributed by atoms with E-state index in [-0.39, 0.29) is 0 Å². The van der Waals surface area contributed by atoms with Crippen LogP contribution >= 0.6 is 0 Å². The zero-order valence-electron chi connectivity index (χ0n) is 27.0. The number of anilines is 3. The summed E-state index contributed by atoms with van der Waals surface area (Å²) in [6.07, 6.45) is 3.83. The number of rotatable bonds is 7. The van der Waals surface area contributed by atoms with E-state index in [0.29, 0.717) is 0 Å². The highest BCUT2D eigenvalue weighted by Gasteiger charge is 2.17. The normalized spacial score (nSPS) is 11.4. The van der Waals surface area contributed by atoms with Crippen LogP contribution in [0.15, 0.2) is 177 Å². The molecule has 0 saturated heterocycles. The van der Waals surface area contributed by atoms with Gasteiger partial charge in [-0.05, 0) is 90.0 Å². The van der Waals surface area contributed by atoms with Crippen molar-refractivity contribution >= 4 is 72.8 Å². The van der Waals surface area contributed by atoms with Crippen molar-refractivity contribution in [2.45, 2.75) is 0 Å². The SMILES string of the molecule is C=Cc1ccc(N(c2ccc(-n3c4ccccc4c4ccccc43)cc2)c2ccc(-n3c4ccccc4c4cccc(C=C)c43)cc2)cc1. The summed E-state index contributed by atoms with van der Waals surface area (Å²) in [6, 6.07) is 58.7. The molecule has 0 radical (unpaired) electrons. The van der Waals surface area contributed by atoms with Gasteiger partial charge >= 0.3 is 0 Å². The predicted octanol–water partition coefficient (Wildman–Crippen LogP) is 12.6. The van der Waals surface area contributed by atoms with Crippen LogP contribution in [-0.4, -0.2) is 9.13 Å². The van der Waals surface area contributed by atoms with Gasteiger partial charge in [-0.15, -0.1) is 0 Å². The van der Waals surface area contributed by atoms with Crippen LogP contribution in [0.5, 0.6) is 0 Å². The third kappa shape index (κ3) is 4.59. The number of nitrogens with zero attached hydrogens (tertiary/aromatic N) is 3. The molecule has 0 bridgehead atoms. The molecule has 0 N–H and O–H groups in total. The van der Waals surface area contributed by atoms with E-state index < -0.39 is 0 Å². The second kappa shape index (κ2) is 11.6. The number of hydrogen-bond acceptors (Lipinski definition) is 1. The van der Waals surface area contributed by atoms with Crippen LogP contribution in [0.2, 0.25) is 0 Å². The topological polar surface area (TPSA) is 13.1 Å². The number of benzene rings is 7. The third-order valence-electron chi connectivity index (χ3n) is 9.65. The smallest absolute Gasteiger partial charge is 0.0613 e. The summed E-state index contributed by atoms with van der Waals surface area (Å²) in [5, 5.41) is 4.98. The van der Waals surface area contributed by atoms with E-state index in [2.05, 4.69) is 191 Å². The molecule has 0 aliphatic carbocycles. The van der Waals surface area contributed by atoms with Crippen molar-refractivity contribution in [3.8, 4) is 11.4 Å². The molecular weight excluding hydrogens is 595 g/mol. The zero-order valence-corrected chi connectivity index (χ0v) is 27.0. The van der Waals surface area contributed by atoms with Crippen LogP contribution in [0.3, 0.4) is 0 Å². The Morgan fingerprint density at radius 3 is 1.33 bits per heavy atom. The van der Waals surface area contributed by atoms with E-state index in [1.54, 1.807) is 0 Å². The fraction of sp³-hybridized carbons (Fsp3) is 0. The minimum atomic E-state index is 1.07. The highest BCUT2D eigenvalue weighted by atomic mass is 15.1. The van der Waals surface area contributed by atoms with Crippen LogP contribution < -0.4 is 4.90 Å². The Hall–Kier alpha value is -6.58. The van der Waals surface area contributed by atoms with Gasteiger partial charge in [-0.1, -0.05) is 110 Å². The molecule has 0 saturated carbocycles. The molecule has 0 atom stereocenters. The summed E-state index contributed by atoms with van der Waals surface area (Å²) in [5.74, 6) is 0. The first-order valence-electron chi connectivity index (χ1n) is 16.6. The average Bonchev–Trinajstić information content (AvgIpc) is 3.69. The first-order chi connectivity index (χ1) is 24.2. The Labute approximate surface area is 285 Å². The summed E-state index contributed by atoms with van der Waals surface area (Å²) in [4.78, 5) is 2.31. The molecule has 3 nitrogen and oxygen atoms in total. The first kappa shape index (κ1) is 28.6.